The minimum absolute atomic E-state index is 1.93. The van der Waals surface area contributed by atoms with Gasteiger partial charge in [0, 0.05) is 13.1 Å². The van der Waals surface area contributed by atoms with Crippen LogP contribution in [0.15, 0.2) is 0 Å². The number of hydrogen-bond acceptors (Lipinski definition) is 6. The van der Waals surface area contributed by atoms with Gasteiger partial charge in [-0.1, -0.05) is 0 Å². The van der Waals surface area contributed by atoms with Crippen LogP contribution in [0, 0.1) is 0 Å². The third-order valence-electron chi connectivity index (χ3n) is 2.59. The summed E-state index contributed by atoms with van der Waals surface area (Å²) in [5.74, 6) is 0. The van der Waals surface area contributed by atoms with Crippen LogP contribution >= 0.6 is 0 Å². The molecule has 6 nitrogen and oxygen atoms in total. The zero-order valence-corrected chi connectivity index (χ0v) is 17.9. The molecular formula is C8H24O6Si5. The standard InChI is InChI=1S/C8H24O6Si5/c1-15(2)9-18(7)11-16(3,4)12-19(8,10-15)14-17(5,6)13-18/h1-8H3. The van der Waals surface area contributed by atoms with Crippen LogP contribution in [0.25, 0.3) is 0 Å². The van der Waals surface area contributed by atoms with Crippen LogP contribution in [-0.2, 0) is 24.7 Å². The number of rotatable bonds is 0. The quantitative estimate of drug-likeness (QED) is 0.621. The van der Waals surface area contributed by atoms with Crippen LogP contribution in [0.5, 0.6) is 0 Å². The van der Waals surface area contributed by atoms with Crippen molar-refractivity contribution in [3.8, 4) is 0 Å². The topological polar surface area (TPSA) is 55.4 Å². The van der Waals surface area contributed by atoms with Crippen molar-refractivity contribution in [2.24, 2.45) is 0 Å². The van der Waals surface area contributed by atoms with E-state index < -0.39 is 43.3 Å². The molecular weight excluding hydrogens is 333 g/mol. The molecule has 3 saturated heterocycles. The average Bonchev–Trinajstić information content (AvgIpc) is 1.85. The van der Waals surface area contributed by atoms with Gasteiger partial charge in [0.2, 0.25) is 0 Å². The molecule has 3 fully saturated rings. The Kier molecular flexibility index (Phi) is 3.77. The second-order valence-corrected chi connectivity index (χ2v) is 23.3. The second kappa shape index (κ2) is 4.42. The Hall–Kier alpha value is 0.844. The lowest BCUT2D eigenvalue weighted by atomic mass is 11.9. The Bertz CT molecular complexity index is 303. The van der Waals surface area contributed by atoms with Crippen LogP contribution in [0.1, 0.15) is 0 Å². The zero-order chi connectivity index (χ0) is 14.7. The molecule has 2 bridgehead atoms. The Morgan fingerprint density at radius 3 is 0.684 bits per heavy atom. The molecule has 0 saturated carbocycles. The van der Waals surface area contributed by atoms with Gasteiger partial charge in [-0.15, -0.1) is 0 Å². The van der Waals surface area contributed by atoms with Gasteiger partial charge in [0.05, 0.1) is 0 Å². The van der Waals surface area contributed by atoms with E-state index in [4.69, 9.17) is 24.7 Å². The van der Waals surface area contributed by atoms with Gasteiger partial charge in [-0.2, -0.15) is 0 Å². The van der Waals surface area contributed by atoms with E-state index in [1.165, 1.54) is 0 Å². The van der Waals surface area contributed by atoms with Crippen molar-refractivity contribution in [1.82, 2.24) is 0 Å². The molecule has 19 heavy (non-hydrogen) atoms. The number of hydrogen-bond donors (Lipinski definition) is 0. The summed E-state index contributed by atoms with van der Waals surface area (Å²) in [4.78, 5) is 0. The van der Waals surface area contributed by atoms with Crippen molar-refractivity contribution >= 4 is 43.3 Å². The van der Waals surface area contributed by atoms with E-state index in [1.54, 1.807) is 0 Å². The molecule has 3 aliphatic heterocycles. The summed E-state index contributed by atoms with van der Waals surface area (Å²) < 4.78 is 37.4. The van der Waals surface area contributed by atoms with E-state index in [-0.39, 0.29) is 0 Å². The SMILES string of the molecule is C[Si]1(C)O[Si]2(C)O[Si](C)(C)O[Si](C)(O1)O[Si](C)(C)O2. The lowest BCUT2D eigenvalue weighted by Crippen LogP contribution is -2.74. The molecule has 112 valence electrons. The molecule has 0 atom stereocenters. The van der Waals surface area contributed by atoms with Crippen molar-refractivity contribution in [1.29, 1.82) is 0 Å². The molecule has 3 heterocycles. The molecule has 3 rings (SSSR count). The highest BCUT2D eigenvalue weighted by Crippen LogP contribution is 2.37. The van der Waals surface area contributed by atoms with E-state index in [0.29, 0.717) is 0 Å². The molecule has 0 spiro atoms. The maximum atomic E-state index is 6.23. The van der Waals surface area contributed by atoms with Crippen molar-refractivity contribution < 1.29 is 24.7 Å². The smallest absolute Gasteiger partial charge is 0.395 e. The molecule has 0 N–H and O–H groups in total. The first-order chi connectivity index (χ1) is 8.24. The second-order valence-electron chi connectivity index (χ2n) is 6.54. The first kappa shape index (κ1) is 16.2. The minimum atomic E-state index is -2.79. The molecule has 0 aliphatic carbocycles. The summed E-state index contributed by atoms with van der Waals surface area (Å²) in [7, 11) is -12.7. The molecule has 0 radical (unpaired) electrons. The van der Waals surface area contributed by atoms with Crippen LogP contribution in [-0.4, -0.2) is 43.3 Å². The van der Waals surface area contributed by atoms with E-state index in [1.807, 2.05) is 52.4 Å². The highest BCUT2D eigenvalue weighted by Gasteiger charge is 2.63. The summed E-state index contributed by atoms with van der Waals surface area (Å²) in [6.07, 6.45) is 0. The summed E-state index contributed by atoms with van der Waals surface area (Å²) >= 11 is 0. The van der Waals surface area contributed by atoms with Gasteiger partial charge in [0.15, 0.2) is 0 Å². The molecule has 0 aromatic carbocycles. The van der Waals surface area contributed by atoms with E-state index >= 15 is 0 Å². The minimum Gasteiger partial charge on any atom is -0.395 e. The first-order valence-electron chi connectivity index (χ1n) is 6.45. The molecule has 11 heteroatoms. The van der Waals surface area contributed by atoms with Crippen molar-refractivity contribution in [3.05, 3.63) is 0 Å². The van der Waals surface area contributed by atoms with Crippen molar-refractivity contribution in [3.63, 3.8) is 0 Å². The van der Waals surface area contributed by atoms with Crippen molar-refractivity contribution in [2.45, 2.75) is 52.4 Å². The molecule has 3 aliphatic rings. The highest BCUT2D eigenvalue weighted by molar-refractivity contribution is 6.96. The lowest BCUT2D eigenvalue weighted by Gasteiger charge is -2.52. The van der Waals surface area contributed by atoms with Gasteiger partial charge in [-0.05, 0) is 39.3 Å². The zero-order valence-electron chi connectivity index (χ0n) is 12.9. The third kappa shape index (κ3) is 3.94. The molecule has 0 aromatic heterocycles. The van der Waals surface area contributed by atoms with Gasteiger partial charge < -0.3 is 24.7 Å². The largest absolute Gasteiger partial charge is 0.470 e. The first-order valence-corrected chi connectivity index (χ1v) is 19.3. The van der Waals surface area contributed by atoms with Gasteiger partial charge in [-0.3, -0.25) is 0 Å². The maximum absolute atomic E-state index is 6.23. The summed E-state index contributed by atoms with van der Waals surface area (Å²) in [6, 6.07) is 0. The van der Waals surface area contributed by atoms with Gasteiger partial charge in [0.25, 0.3) is 0 Å². The predicted octanol–water partition coefficient (Wildman–Crippen LogP) is 2.36. The fourth-order valence-electron chi connectivity index (χ4n) is 2.87. The Labute approximate surface area is 120 Å². The van der Waals surface area contributed by atoms with Crippen LogP contribution in [0.2, 0.25) is 52.4 Å². The number of fused-ring (bicyclic) bond motifs is 6. The van der Waals surface area contributed by atoms with Crippen molar-refractivity contribution in [2.75, 3.05) is 0 Å². The lowest BCUT2D eigenvalue weighted by molar-refractivity contribution is 0.109. The van der Waals surface area contributed by atoms with Crippen LogP contribution in [0.4, 0.5) is 0 Å². The summed E-state index contributed by atoms with van der Waals surface area (Å²) in [5.41, 5.74) is 0. The normalized spacial score (nSPS) is 44.2. The van der Waals surface area contributed by atoms with Gasteiger partial charge >= 0.3 is 43.3 Å². The van der Waals surface area contributed by atoms with E-state index in [0.717, 1.165) is 0 Å². The Balaban J connectivity index is 2.48. The highest BCUT2D eigenvalue weighted by atomic mass is 28.6. The fourth-order valence-corrected chi connectivity index (χ4v) is 29.2. The maximum Gasteiger partial charge on any atom is 0.470 e. The average molecular weight is 357 g/mol. The molecule has 0 unspecified atom stereocenters. The molecule has 0 amide bonds. The van der Waals surface area contributed by atoms with Gasteiger partial charge in [-0.25, -0.2) is 0 Å². The monoisotopic (exact) mass is 356 g/mol. The van der Waals surface area contributed by atoms with Crippen LogP contribution < -0.4 is 0 Å². The summed E-state index contributed by atoms with van der Waals surface area (Å²) in [5, 5.41) is 0. The van der Waals surface area contributed by atoms with E-state index in [9.17, 15) is 0 Å². The Morgan fingerprint density at radius 1 is 0.368 bits per heavy atom. The fraction of sp³-hybridized carbons (Fsp3) is 1.00. The van der Waals surface area contributed by atoms with Gasteiger partial charge in [0.1, 0.15) is 0 Å². The predicted molar refractivity (Wildman–Crippen MR) is 82.2 cm³/mol. The van der Waals surface area contributed by atoms with E-state index in [2.05, 4.69) is 0 Å². The Morgan fingerprint density at radius 2 is 0.526 bits per heavy atom. The molecule has 0 aromatic rings. The van der Waals surface area contributed by atoms with Crippen LogP contribution in [0.3, 0.4) is 0 Å². The summed E-state index contributed by atoms with van der Waals surface area (Å²) in [6.45, 7) is 15.8. The third-order valence-corrected chi connectivity index (χ3v) is 23.3.